The Balaban J connectivity index is 1.81. The fourth-order valence-electron chi connectivity index (χ4n) is 2.42. The van der Waals surface area contributed by atoms with Gasteiger partial charge < -0.3 is 16.4 Å². The maximum Gasteiger partial charge on any atom is 0.239 e. The van der Waals surface area contributed by atoms with Gasteiger partial charge in [-0.15, -0.1) is 0 Å². The van der Waals surface area contributed by atoms with Gasteiger partial charge in [-0.2, -0.15) is 0 Å². The second-order valence-electron chi connectivity index (χ2n) is 5.44. The maximum absolute atomic E-state index is 12.0. The summed E-state index contributed by atoms with van der Waals surface area (Å²) in [5, 5.41) is 7.59. The lowest BCUT2D eigenvalue weighted by Crippen LogP contribution is -2.38. The SMILES string of the molecule is NCCCCNC(=O)CNC(=O)Cc1cccc2ccccc12. The van der Waals surface area contributed by atoms with E-state index in [1.54, 1.807) is 0 Å². The van der Waals surface area contributed by atoms with Crippen molar-refractivity contribution in [3.8, 4) is 0 Å². The molecule has 0 aromatic heterocycles. The molecule has 0 fully saturated rings. The highest BCUT2D eigenvalue weighted by molar-refractivity contribution is 5.91. The molecule has 2 amide bonds. The molecule has 0 aliphatic rings. The zero-order chi connectivity index (χ0) is 16.5. The molecule has 0 heterocycles. The molecule has 0 aliphatic heterocycles. The average molecular weight is 313 g/mol. The molecule has 5 heteroatoms. The predicted octanol–water partition coefficient (Wildman–Crippen LogP) is 1.35. The Hall–Kier alpha value is -2.40. The third-order valence-electron chi connectivity index (χ3n) is 3.63. The summed E-state index contributed by atoms with van der Waals surface area (Å²) >= 11 is 0. The number of amides is 2. The Kier molecular flexibility index (Phi) is 6.56. The summed E-state index contributed by atoms with van der Waals surface area (Å²) < 4.78 is 0. The van der Waals surface area contributed by atoms with Gasteiger partial charge in [0.05, 0.1) is 13.0 Å². The van der Waals surface area contributed by atoms with Crippen LogP contribution in [0.15, 0.2) is 42.5 Å². The van der Waals surface area contributed by atoms with Crippen molar-refractivity contribution < 1.29 is 9.59 Å². The fourth-order valence-corrected chi connectivity index (χ4v) is 2.42. The van der Waals surface area contributed by atoms with E-state index in [-0.39, 0.29) is 24.8 Å². The fraction of sp³-hybridized carbons (Fsp3) is 0.333. The highest BCUT2D eigenvalue weighted by Gasteiger charge is 2.08. The number of hydrogen-bond donors (Lipinski definition) is 3. The Morgan fingerprint density at radius 2 is 1.70 bits per heavy atom. The molecule has 4 N–H and O–H groups in total. The number of nitrogens with two attached hydrogens (primary N) is 1. The lowest BCUT2D eigenvalue weighted by molar-refractivity contribution is -0.125. The summed E-state index contributed by atoms with van der Waals surface area (Å²) in [6.07, 6.45) is 2.00. The maximum atomic E-state index is 12.0. The number of unbranched alkanes of at least 4 members (excludes halogenated alkanes) is 1. The Morgan fingerprint density at radius 3 is 2.52 bits per heavy atom. The summed E-state index contributed by atoms with van der Waals surface area (Å²) in [5.74, 6) is -0.327. The summed E-state index contributed by atoms with van der Waals surface area (Å²) in [7, 11) is 0. The third kappa shape index (κ3) is 5.38. The Morgan fingerprint density at radius 1 is 0.913 bits per heavy atom. The zero-order valence-electron chi connectivity index (χ0n) is 13.2. The van der Waals surface area contributed by atoms with Gasteiger partial charge in [0.2, 0.25) is 11.8 Å². The summed E-state index contributed by atoms with van der Waals surface area (Å²) in [6.45, 7) is 1.22. The monoisotopic (exact) mass is 313 g/mol. The summed E-state index contributed by atoms with van der Waals surface area (Å²) in [6, 6.07) is 13.8. The minimum atomic E-state index is -0.173. The van der Waals surface area contributed by atoms with Gasteiger partial charge >= 0.3 is 0 Å². The van der Waals surface area contributed by atoms with Gasteiger partial charge in [-0.1, -0.05) is 42.5 Å². The van der Waals surface area contributed by atoms with Crippen molar-refractivity contribution in [1.82, 2.24) is 10.6 Å². The van der Waals surface area contributed by atoms with Crippen molar-refractivity contribution in [3.63, 3.8) is 0 Å². The molecule has 0 unspecified atom stereocenters. The molecule has 0 spiro atoms. The molecule has 0 saturated carbocycles. The second-order valence-corrected chi connectivity index (χ2v) is 5.44. The van der Waals surface area contributed by atoms with Crippen LogP contribution in [0.25, 0.3) is 10.8 Å². The molecule has 122 valence electrons. The first-order chi connectivity index (χ1) is 11.2. The van der Waals surface area contributed by atoms with Crippen LogP contribution < -0.4 is 16.4 Å². The van der Waals surface area contributed by atoms with Crippen LogP contribution >= 0.6 is 0 Å². The van der Waals surface area contributed by atoms with Crippen molar-refractivity contribution in [2.24, 2.45) is 5.73 Å². The standard InChI is InChI=1S/C18H23N3O2/c19-10-3-4-11-20-18(23)13-21-17(22)12-15-8-5-7-14-6-1-2-9-16(14)15/h1-2,5-9H,3-4,10-13,19H2,(H,20,23)(H,21,22). The van der Waals surface area contributed by atoms with Crippen molar-refractivity contribution in [1.29, 1.82) is 0 Å². The van der Waals surface area contributed by atoms with E-state index in [4.69, 9.17) is 5.73 Å². The predicted molar refractivity (Wildman–Crippen MR) is 92.0 cm³/mol. The second kappa shape index (κ2) is 8.90. The van der Waals surface area contributed by atoms with Crippen LogP contribution in [0.1, 0.15) is 18.4 Å². The van der Waals surface area contributed by atoms with Crippen LogP contribution in [0, 0.1) is 0 Å². The van der Waals surface area contributed by atoms with Crippen LogP contribution in [0.5, 0.6) is 0 Å². The van der Waals surface area contributed by atoms with Gasteiger partial charge in [-0.3, -0.25) is 9.59 Å². The first-order valence-electron chi connectivity index (χ1n) is 7.91. The zero-order valence-corrected chi connectivity index (χ0v) is 13.2. The Bertz CT molecular complexity index is 665. The highest BCUT2D eigenvalue weighted by Crippen LogP contribution is 2.18. The highest BCUT2D eigenvalue weighted by atomic mass is 16.2. The molecule has 2 rings (SSSR count). The van der Waals surface area contributed by atoms with Crippen molar-refractivity contribution >= 4 is 22.6 Å². The van der Waals surface area contributed by atoms with Crippen molar-refractivity contribution in [2.75, 3.05) is 19.6 Å². The van der Waals surface area contributed by atoms with Crippen LogP contribution in [-0.4, -0.2) is 31.4 Å². The first kappa shape index (κ1) is 17.0. The summed E-state index contributed by atoms with van der Waals surface area (Å²) in [5.41, 5.74) is 6.35. The van der Waals surface area contributed by atoms with Gasteiger partial charge in [0.25, 0.3) is 0 Å². The van der Waals surface area contributed by atoms with E-state index in [1.807, 2.05) is 42.5 Å². The van der Waals surface area contributed by atoms with Gasteiger partial charge in [0, 0.05) is 6.54 Å². The quantitative estimate of drug-likeness (QED) is 0.643. The number of nitrogens with one attached hydrogen (secondary N) is 2. The summed E-state index contributed by atoms with van der Waals surface area (Å²) in [4.78, 5) is 23.6. The molecule has 0 saturated heterocycles. The van der Waals surface area contributed by atoms with Crippen LogP contribution in [0.2, 0.25) is 0 Å². The van der Waals surface area contributed by atoms with Gasteiger partial charge in [-0.25, -0.2) is 0 Å². The third-order valence-corrected chi connectivity index (χ3v) is 3.63. The first-order valence-corrected chi connectivity index (χ1v) is 7.91. The van der Waals surface area contributed by atoms with Crippen LogP contribution in [0.4, 0.5) is 0 Å². The number of carbonyl (C=O) groups is 2. The average Bonchev–Trinajstić information content (AvgIpc) is 2.57. The molecule has 0 bridgehead atoms. The van der Waals surface area contributed by atoms with Crippen molar-refractivity contribution in [2.45, 2.75) is 19.3 Å². The van der Waals surface area contributed by atoms with Gasteiger partial charge in [-0.05, 0) is 35.7 Å². The lowest BCUT2D eigenvalue weighted by Gasteiger charge is -2.08. The molecular weight excluding hydrogens is 290 g/mol. The number of hydrogen-bond acceptors (Lipinski definition) is 3. The van der Waals surface area contributed by atoms with Gasteiger partial charge in [0.15, 0.2) is 0 Å². The van der Waals surface area contributed by atoms with E-state index in [9.17, 15) is 9.59 Å². The van der Waals surface area contributed by atoms with E-state index >= 15 is 0 Å². The number of rotatable bonds is 8. The number of benzene rings is 2. The minimum absolute atomic E-state index is 0.00618. The smallest absolute Gasteiger partial charge is 0.239 e. The van der Waals surface area contributed by atoms with Crippen LogP contribution in [0.3, 0.4) is 0 Å². The molecule has 5 nitrogen and oxygen atoms in total. The van der Waals surface area contributed by atoms with E-state index in [1.165, 1.54) is 0 Å². The molecule has 2 aromatic rings. The topological polar surface area (TPSA) is 84.2 Å². The molecule has 0 atom stereocenters. The number of fused-ring (bicyclic) bond motifs is 1. The van der Waals surface area contributed by atoms with E-state index in [0.717, 1.165) is 29.2 Å². The van der Waals surface area contributed by atoms with Gasteiger partial charge in [0.1, 0.15) is 0 Å². The normalized spacial score (nSPS) is 10.5. The molecule has 2 aromatic carbocycles. The minimum Gasteiger partial charge on any atom is -0.355 e. The molecular formula is C18H23N3O2. The lowest BCUT2D eigenvalue weighted by atomic mass is 10.0. The number of carbonyl (C=O) groups excluding carboxylic acids is 2. The van der Waals surface area contributed by atoms with Crippen LogP contribution in [-0.2, 0) is 16.0 Å². The molecule has 23 heavy (non-hydrogen) atoms. The van der Waals surface area contributed by atoms with E-state index in [2.05, 4.69) is 10.6 Å². The van der Waals surface area contributed by atoms with E-state index in [0.29, 0.717) is 13.1 Å². The van der Waals surface area contributed by atoms with E-state index < -0.39 is 0 Å². The van der Waals surface area contributed by atoms with Crippen molar-refractivity contribution in [3.05, 3.63) is 48.0 Å². The largest absolute Gasteiger partial charge is 0.355 e. The molecule has 0 aliphatic carbocycles. The Labute approximate surface area is 136 Å². The molecule has 0 radical (unpaired) electrons.